The summed E-state index contributed by atoms with van der Waals surface area (Å²) in [5.41, 5.74) is 1.29. The van der Waals surface area contributed by atoms with E-state index >= 15 is 0 Å². The minimum atomic E-state index is -0.714. The van der Waals surface area contributed by atoms with Gasteiger partial charge in [-0.3, -0.25) is 14.4 Å². The van der Waals surface area contributed by atoms with Crippen molar-refractivity contribution in [2.24, 2.45) is 0 Å². The maximum absolute atomic E-state index is 12.4. The Bertz CT molecular complexity index is 1040. The lowest BCUT2D eigenvalue weighted by molar-refractivity contribution is -0.129. The minimum absolute atomic E-state index is 0.0360. The van der Waals surface area contributed by atoms with E-state index in [1.165, 1.54) is 0 Å². The Labute approximate surface area is 151 Å². The third-order valence-electron chi connectivity index (χ3n) is 3.91. The van der Waals surface area contributed by atoms with Gasteiger partial charge >= 0.3 is 11.1 Å². The number of carbonyl (C=O) groups is 1. The van der Waals surface area contributed by atoms with Gasteiger partial charge in [0.25, 0.3) is 0 Å². The molecule has 25 heavy (non-hydrogen) atoms. The van der Waals surface area contributed by atoms with Crippen molar-refractivity contribution in [1.29, 1.82) is 0 Å². The zero-order chi connectivity index (χ0) is 18.0. The quantitative estimate of drug-likeness (QED) is 0.656. The van der Waals surface area contributed by atoms with E-state index in [1.807, 2.05) is 36.4 Å². The van der Waals surface area contributed by atoms with Gasteiger partial charge in [0.2, 0.25) is 5.91 Å². The molecule has 3 aromatic rings. The number of likely N-dealkylation sites (N-methyl/N-ethyl adjacent to an activating group) is 1. The van der Waals surface area contributed by atoms with Crippen LogP contribution in [0.5, 0.6) is 0 Å². The Balaban J connectivity index is 1.89. The summed E-state index contributed by atoms with van der Waals surface area (Å²) in [4.78, 5) is 42.3. The molecule has 7 heteroatoms. The molecule has 0 radical (unpaired) electrons. The number of hydrogen-bond donors (Lipinski definition) is 2. The van der Waals surface area contributed by atoms with Gasteiger partial charge in [0, 0.05) is 18.1 Å². The number of carbonyl (C=O) groups excluding carboxylic acids is 1. The molecule has 2 aromatic carbocycles. The smallest absolute Gasteiger partial charge is 0.314 e. The molecule has 0 atom stereocenters. The standard InChI is InChI=1S/C18H16BrN3O3/c1-22(15(23)7-11-5-3-2-4-6-11)10-12-8-13(19)9-14-16(12)21-18(25)17(24)20-14/h2-6,8-9H,7,10H2,1H3,(H,20,24)(H,21,25). The number of amides is 1. The second-order valence-electron chi connectivity index (χ2n) is 5.81. The van der Waals surface area contributed by atoms with E-state index in [-0.39, 0.29) is 5.91 Å². The predicted octanol–water partition coefficient (Wildman–Crippen LogP) is 2.18. The molecule has 6 nitrogen and oxygen atoms in total. The largest absolute Gasteiger partial charge is 0.341 e. The summed E-state index contributed by atoms with van der Waals surface area (Å²) in [6.45, 7) is 0.309. The molecule has 0 unspecified atom stereocenters. The maximum Gasteiger partial charge on any atom is 0.314 e. The normalized spacial score (nSPS) is 10.8. The van der Waals surface area contributed by atoms with Crippen LogP contribution in [0.1, 0.15) is 11.1 Å². The van der Waals surface area contributed by atoms with Gasteiger partial charge in [-0.05, 0) is 23.3 Å². The summed E-state index contributed by atoms with van der Waals surface area (Å²) in [6, 6.07) is 13.0. The highest BCUT2D eigenvalue weighted by Gasteiger charge is 2.13. The number of halogens is 1. The molecule has 0 aliphatic heterocycles. The fourth-order valence-corrected chi connectivity index (χ4v) is 3.14. The first-order valence-corrected chi connectivity index (χ1v) is 8.46. The van der Waals surface area contributed by atoms with E-state index in [0.717, 1.165) is 15.6 Å². The van der Waals surface area contributed by atoms with Crippen LogP contribution in [0.3, 0.4) is 0 Å². The zero-order valence-electron chi connectivity index (χ0n) is 13.5. The molecule has 3 rings (SSSR count). The van der Waals surface area contributed by atoms with Gasteiger partial charge in [0.05, 0.1) is 17.5 Å². The molecule has 0 saturated carbocycles. The lowest BCUT2D eigenvalue weighted by Crippen LogP contribution is -2.31. The first-order chi connectivity index (χ1) is 11.9. The third-order valence-corrected chi connectivity index (χ3v) is 4.37. The van der Waals surface area contributed by atoms with Crippen LogP contribution in [0.25, 0.3) is 11.0 Å². The Morgan fingerprint density at radius 3 is 2.48 bits per heavy atom. The molecule has 0 spiro atoms. The van der Waals surface area contributed by atoms with E-state index in [9.17, 15) is 14.4 Å². The van der Waals surface area contributed by atoms with Crippen LogP contribution in [0.2, 0.25) is 0 Å². The summed E-state index contributed by atoms with van der Waals surface area (Å²) < 4.78 is 0.751. The van der Waals surface area contributed by atoms with Crippen LogP contribution in [0.15, 0.2) is 56.5 Å². The second kappa shape index (κ2) is 7.06. The number of aromatic amines is 2. The van der Waals surface area contributed by atoms with Gasteiger partial charge in [-0.25, -0.2) is 0 Å². The second-order valence-corrected chi connectivity index (χ2v) is 6.72. The van der Waals surface area contributed by atoms with Gasteiger partial charge in [0.1, 0.15) is 0 Å². The Kier molecular flexibility index (Phi) is 4.85. The first-order valence-electron chi connectivity index (χ1n) is 7.66. The molecule has 1 amide bonds. The van der Waals surface area contributed by atoms with Gasteiger partial charge in [-0.2, -0.15) is 0 Å². The SMILES string of the molecule is CN(Cc1cc(Br)cc2[nH]c(=O)c(=O)[nH]c12)C(=O)Cc1ccccc1. The molecule has 0 bridgehead atoms. The van der Waals surface area contributed by atoms with Crippen molar-refractivity contribution in [2.75, 3.05) is 7.05 Å². The van der Waals surface area contributed by atoms with E-state index in [2.05, 4.69) is 25.9 Å². The highest BCUT2D eigenvalue weighted by atomic mass is 79.9. The number of hydrogen-bond acceptors (Lipinski definition) is 3. The number of benzene rings is 2. The van der Waals surface area contributed by atoms with Crippen LogP contribution in [-0.4, -0.2) is 27.8 Å². The third kappa shape index (κ3) is 3.88. The summed E-state index contributed by atoms with van der Waals surface area (Å²) >= 11 is 3.39. The van der Waals surface area contributed by atoms with Gasteiger partial charge in [0.15, 0.2) is 0 Å². The van der Waals surface area contributed by atoms with Crippen molar-refractivity contribution in [3.63, 3.8) is 0 Å². The molecule has 2 N–H and O–H groups in total. The molecule has 1 aromatic heterocycles. The van der Waals surface area contributed by atoms with Crippen LogP contribution >= 0.6 is 15.9 Å². The summed E-state index contributed by atoms with van der Waals surface area (Å²) in [5.74, 6) is -0.0360. The van der Waals surface area contributed by atoms with E-state index in [0.29, 0.717) is 24.0 Å². The molecule has 1 heterocycles. The number of aromatic nitrogens is 2. The fourth-order valence-electron chi connectivity index (χ4n) is 2.63. The highest BCUT2D eigenvalue weighted by Crippen LogP contribution is 2.21. The van der Waals surface area contributed by atoms with Crippen molar-refractivity contribution in [3.8, 4) is 0 Å². The van der Waals surface area contributed by atoms with E-state index in [1.54, 1.807) is 18.0 Å². The van der Waals surface area contributed by atoms with Gasteiger partial charge in [-0.15, -0.1) is 0 Å². The fraction of sp³-hybridized carbons (Fsp3) is 0.167. The highest BCUT2D eigenvalue weighted by molar-refractivity contribution is 9.10. The molecule has 128 valence electrons. The number of rotatable bonds is 4. The van der Waals surface area contributed by atoms with Gasteiger partial charge in [-0.1, -0.05) is 46.3 Å². The predicted molar refractivity (Wildman–Crippen MR) is 99.5 cm³/mol. The van der Waals surface area contributed by atoms with Crippen LogP contribution in [0, 0.1) is 0 Å². The number of nitrogens with one attached hydrogen (secondary N) is 2. The average Bonchev–Trinajstić information content (AvgIpc) is 2.57. The van der Waals surface area contributed by atoms with E-state index < -0.39 is 11.1 Å². The molecular weight excluding hydrogens is 386 g/mol. The Morgan fingerprint density at radius 2 is 1.76 bits per heavy atom. The molecule has 0 saturated heterocycles. The van der Waals surface area contributed by atoms with Crippen molar-refractivity contribution in [1.82, 2.24) is 14.9 Å². The molecule has 0 aliphatic rings. The molecular formula is C18H16BrN3O3. The van der Waals surface area contributed by atoms with Crippen molar-refractivity contribution >= 4 is 32.9 Å². The number of nitrogens with zero attached hydrogens (tertiary/aromatic N) is 1. The van der Waals surface area contributed by atoms with Crippen LogP contribution in [-0.2, 0) is 17.8 Å². The summed E-state index contributed by atoms with van der Waals surface area (Å²) in [7, 11) is 1.71. The first kappa shape index (κ1) is 17.2. The number of fused-ring (bicyclic) bond motifs is 1. The zero-order valence-corrected chi connectivity index (χ0v) is 15.1. The topological polar surface area (TPSA) is 86.0 Å². The van der Waals surface area contributed by atoms with Gasteiger partial charge < -0.3 is 14.9 Å². The lowest BCUT2D eigenvalue weighted by atomic mass is 10.1. The minimum Gasteiger partial charge on any atom is -0.341 e. The summed E-state index contributed by atoms with van der Waals surface area (Å²) in [6.07, 6.45) is 0.302. The Morgan fingerprint density at radius 1 is 1.08 bits per heavy atom. The average molecular weight is 402 g/mol. The van der Waals surface area contributed by atoms with Crippen molar-refractivity contribution < 1.29 is 4.79 Å². The Hall–Kier alpha value is -2.67. The van der Waals surface area contributed by atoms with Crippen molar-refractivity contribution in [2.45, 2.75) is 13.0 Å². The van der Waals surface area contributed by atoms with Crippen molar-refractivity contribution in [3.05, 3.63) is 78.8 Å². The molecule has 0 fully saturated rings. The monoisotopic (exact) mass is 401 g/mol. The van der Waals surface area contributed by atoms with E-state index in [4.69, 9.17) is 0 Å². The maximum atomic E-state index is 12.4. The van der Waals surface area contributed by atoms with Crippen LogP contribution in [0.4, 0.5) is 0 Å². The number of H-pyrrole nitrogens is 2. The summed E-state index contributed by atoms with van der Waals surface area (Å²) in [5, 5.41) is 0. The molecule has 0 aliphatic carbocycles. The van der Waals surface area contributed by atoms with Crippen LogP contribution < -0.4 is 11.1 Å². The lowest BCUT2D eigenvalue weighted by Gasteiger charge is -2.18.